The Labute approximate surface area is 414 Å². The zero-order valence-electron chi connectivity index (χ0n) is 40.6. The van der Waals surface area contributed by atoms with Crippen molar-refractivity contribution >= 4 is 28.8 Å². The number of esters is 2. The summed E-state index contributed by atoms with van der Waals surface area (Å²) in [6, 6.07) is 33.4. The summed E-state index contributed by atoms with van der Waals surface area (Å²) in [6.45, 7) is 2.13. The Morgan fingerprint density at radius 2 is 1.54 bits per heavy atom. The van der Waals surface area contributed by atoms with Gasteiger partial charge in [0.15, 0.2) is 23.0 Å². The number of aliphatic hydroxyl groups excluding tert-OH is 1. The van der Waals surface area contributed by atoms with Gasteiger partial charge in [0, 0.05) is 31.2 Å². The molecule has 0 aromatic heterocycles. The van der Waals surface area contributed by atoms with Crippen LogP contribution in [0.25, 0.3) is 28.0 Å². The fourth-order valence-electron chi connectivity index (χ4n) is 14.3. The number of hydrogen-bond acceptors (Lipinski definition) is 11. The molecule has 0 saturated heterocycles. The summed E-state index contributed by atoms with van der Waals surface area (Å²) in [4.78, 5) is 28.2. The van der Waals surface area contributed by atoms with Gasteiger partial charge in [-0.3, -0.25) is 9.59 Å². The molecule has 6 aromatic carbocycles. The molecule has 5 N–H and O–H groups in total. The van der Waals surface area contributed by atoms with E-state index in [1.807, 2.05) is 55.6 Å². The molecule has 11 rings (SSSR count). The molecule has 9 unspecified atom stereocenters. The van der Waals surface area contributed by atoms with Crippen LogP contribution < -0.4 is 14.8 Å². The maximum atomic E-state index is 14.7. The first kappa shape index (κ1) is 46.6. The van der Waals surface area contributed by atoms with Crippen LogP contribution in [-0.2, 0) is 51.3 Å². The summed E-state index contributed by atoms with van der Waals surface area (Å²) in [7, 11) is 4.98. The summed E-state index contributed by atoms with van der Waals surface area (Å²) in [5.41, 5.74) is 10.4. The molecule has 5 aliphatic rings. The average molecular weight is 956 g/mol. The number of methoxy groups -OCH3 is 2. The van der Waals surface area contributed by atoms with Gasteiger partial charge >= 0.3 is 11.9 Å². The van der Waals surface area contributed by atoms with E-state index in [1.165, 1.54) is 25.2 Å². The van der Waals surface area contributed by atoms with Gasteiger partial charge < -0.3 is 44.7 Å². The van der Waals surface area contributed by atoms with Crippen LogP contribution in [0.4, 0.5) is 0 Å². The van der Waals surface area contributed by atoms with Crippen molar-refractivity contribution in [2.75, 3.05) is 21.3 Å². The number of carbonyl (C=O) groups is 2. The summed E-state index contributed by atoms with van der Waals surface area (Å²) in [6.07, 6.45) is 3.63. The van der Waals surface area contributed by atoms with Gasteiger partial charge in [-0.15, -0.1) is 0 Å². The number of phenolic OH excluding ortho intramolecular Hbond substituents is 3. The van der Waals surface area contributed by atoms with Crippen molar-refractivity contribution in [1.29, 1.82) is 0 Å². The standard InChI is InChI=1S/C60H61NO10/c1-32(62)70-55-27-43(71-58(67)18-33-12-13-38-20-42(63)25-45(44(38)17-33)37-11-7-8-34(16-37)31-61-2)26-48-46-29-57(69-4)53(65)23-39(46)21-49-52(64)30-50-47-28-54(66)56(68-3)24-40(47)22-51(55)60(50,59(48)49)41-15-14-35-9-5-6-10-36(35)19-41/h5-13,16-17,19-20,23-25,28-29,43,48-52,55,59,61,63-66H,14-15,18,21-22,26-27,30-31H2,1-4H3. The van der Waals surface area contributed by atoms with Crippen molar-refractivity contribution in [3.05, 3.63) is 153 Å². The lowest BCUT2D eigenvalue weighted by Crippen LogP contribution is -2.63. The number of fused-ring (bicyclic) bond motifs is 6. The maximum Gasteiger partial charge on any atom is 0.310 e. The largest absolute Gasteiger partial charge is 0.508 e. The van der Waals surface area contributed by atoms with Gasteiger partial charge in [0.25, 0.3) is 0 Å². The molecule has 2 fully saturated rings. The third-order valence-corrected chi connectivity index (χ3v) is 16.8. The lowest BCUT2D eigenvalue weighted by atomic mass is 9.38. The van der Waals surface area contributed by atoms with Crippen LogP contribution in [0.2, 0.25) is 0 Å². The molecule has 0 amide bonds. The van der Waals surface area contributed by atoms with Crippen molar-refractivity contribution in [2.24, 2.45) is 23.2 Å². The number of ether oxygens (including phenoxy) is 4. The molecule has 0 spiro atoms. The monoisotopic (exact) mass is 955 g/mol. The number of aromatic hydroxyl groups is 3. The number of benzene rings is 6. The summed E-state index contributed by atoms with van der Waals surface area (Å²) in [5.74, 6) is -1.50. The van der Waals surface area contributed by atoms with Gasteiger partial charge in [-0.25, -0.2) is 0 Å². The maximum absolute atomic E-state index is 14.7. The second-order valence-corrected chi connectivity index (χ2v) is 20.6. The number of phenols is 3. The predicted molar refractivity (Wildman–Crippen MR) is 271 cm³/mol. The molecular weight excluding hydrogens is 895 g/mol. The molecular formula is C60H61NO10. The Kier molecular flexibility index (Phi) is 12.1. The van der Waals surface area contributed by atoms with Gasteiger partial charge in [-0.1, -0.05) is 66.2 Å². The van der Waals surface area contributed by atoms with Crippen LogP contribution in [0.5, 0.6) is 28.7 Å². The number of carbonyl (C=O) groups excluding carboxylic acids is 2. The number of nitrogens with one attached hydrogen (secondary N) is 1. The highest BCUT2D eigenvalue weighted by atomic mass is 16.6. The Morgan fingerprint density at radius 1 is 0.746 bits per heavy atom. The van der Waals surface area contributed by atoms with E-state index < -0.39 is 35.7 Å². The molecule has 9 atom stereocenters. The first-order valence-corrected chi connectivity index (χ1v) is 25.0. The highest BCUT2D eigenvalue weighted by Gasteiger charge is 2.67. The van der Waals surface area contributed by atoms with Gasteiger partial charge in [0.05, 0.1) is 26.7 Å². The van der Waals surface area contributed by atoms with E-state index in [1.54, 1.807) is 25.3 Å². The molecule has 11 nitrogen and oxygen atoms in total. The van der Waals surface area contributed by atoms with Crippen LogP contribution >= 0.6 is 0 Å². The predicted octanol–water partition coefficient (Wildman–Crippen LogP) is 9.85. The minimum absolute atomic E-state index is 0.0197. The Bertz CT molecular complexity index is 3120. The van der Waals surface area contributed by atoms with E-state index in [4.69, 9.17) is 18.9 Å². The van der Waals surface area contributed by atoms with E-state index >= 15 is 0 Å². The van der Waals surface area contributed by atoms with Gasteiger partial charge in [-0.05, 0) is 184 Å². The van der Waals surface area contributed by atoms with Gasteiger partial charge in [-0.2, -0.15) is 0 Å². The fourth-order valence-corrected chi connectivity index (χ4v) is 14.3. The SMILES string of the molecule is CNCc1cccc(-c2cc(O)cc3ccc(CC(=O)OC4CC(OC(C)=O)C5Cc6cc(OC)c(O)cc6C6CC(O)C7Cc8cc(O)c(OC)cc8C(C4)C7C65C4=Cc5ccccc5CC4)cc23)c1. The van der Waals surface area contributed by atoms with Crippen molar-refractivity contribution in [1.82, 2.24) is 5.32 Å². The van der Waals surface area contributed by atoms with Crippen molar-refractivity contribution in [3.8, 4) is 39.9 Å². The number of hydrogen-bond donors (Lipinski definition) is 5. The highest BCUT2D eigenvalue weighted by Crippen LogP contribution is 2.72. The second kappa shape index (κ2) is 18.4. The first-order chi connectivity index (χ1) is 34.4. The Morgan fingerprint density at radius 3 is 2.34 bits per heavy atom. The lowest BCUT2D eigenvalue weighted by molar-refractivity contribution is -0.177. The van der Waals surface area contributed by atoms with E-state index in [0.29, 0.717) is 43.7 Å². The van der Waals surface area contributed by atoms with Crippen LogP contribution in [0, 0.1) is 23.2 Å². The summed E-state index contributed by atoms with van der Waals surface area (Å²) in [5, 5.41) is 51.2. The molecule has 2 saturated carbocycles. The molecule has 5 aliphatic carbocycles. The topological polar surface area (TPSA) is 164 Å². The third-order valence-electron chi connectivity index (χ3n) is 16.8. The minimum Gasteiger partial charge on any atom is -0.508 e. The van der Waals surface area contributed by atoms with E-state index in [9.17, 15) is 30.0 Å². The number of aliphatic hydroxyl groups is 1. The number of rotatable bonds is 10. The van der Waals surface area contributed by atoms with Crippen molar-refractivity contribution in [3.63, 3.8) is 0 Å². The lowest BCUT2D eigenvalue weighted by Gasteiger charge is -2.66. The molecule has 6 aromatic rings. The minimum atomic E-state index is -0.775. The van der Waals surface area contributed by atoms with E-state index in [-0.39, 0.29) is 59.7 Å². The zero-order chi connectivity index (χ0) is 49.3. The van der Waals surface area contributed by atoms with Crippen molar-refractivity contribution < 1.29 is 49.0 Å². The molecule has 0 bridgehead atoms. The molecule has 11 heteroatoms. The molecule has 0 aliphatic heterocycles. The van der Waals surface area contributed by atoms with Gasteiger partial charge in [0.2, 0.25) is 0 Å². The fraction of sp³-hybridized carbons (Fsp3) is 0.367. The van der Waals surface area contributed by atoms with Crippen LogP contribution in [0.3, 0.4) is 0 Å². The zero-order valence-corrected chi connectivity index (χ0v) is 40.6. The average Bonchev–Trinajstić information content (AvgIpc) is 3.35. The van der Waals surface area contributed by atoms with Crippen molar-refractivity contribution in [2.45, 2.75) is 95.0 Å². The quantitative estimate of drug-likeness (QED) is 0.0831. The number of allylic oxidation sites excluding steroid dienone is 1. The van der Waals surface area contributed by atoms with Gasteiger partial charge in [0.1, 0.15) is 18.0 Å². The normalized spacial score (nSPS) is 26.0. The second-order valence-electron chi connectivity index (χ2n) is 20.6. The third kappa shape index (κ3) is 8.07. The Hall–Kier alpha value is -6.82. The smallest absolute Gasteiger partial charge is 0.310 e. The van der Waals surface area contributed by atoms with Crippen LogP contribution in [0.15, 0.2) is 109 Å². The summed E-state index contributed by atoms with van der Waals surface area (Å²) >= 11 is 0. The number of aryl methyl sites for hydroxylation is 1. The van der Waals surface area contributed by atoms with E-state index in [2.05, 4.69) is 47.8 Å². The molecule has 71 heavy (non-hydrogen) atoms. The van der Waals surface area contributed by atoms with E-state index in [0.717, 1.165) is 73.7 Å². The highest BCUT2D eigenvalue weighted by molar-refractivity contribution is 5.98. The van der Waals surface area contributed by atoms with Crippen LogP contribution in [-0.4, -0.2) is 71.9 Å². The first-order valence-electron chi connectivity index (χ1n) is 25.0. The van der Waals surface area contributed by atoms with Crippen LogP contribution in [0.1, 0.15) is 89.0 Å². The summed E-state index contributed by atoms with van der Waals surface area (Å²) < 4.78 is 24.8. The Balaban J connectivity index is 1.06. The molecule has 366 valence electrons. The molecule has 0 heterocycles. The molecule has 0 radical (unpaired) electrons.